The highest BCUT2D eigenvalue weighted by Crippen LogP contribution is 2.17. The van der Waals surface area contributed by atoms with Gasteiger partial charge in [-0.15, -0.1) is 5.10 Å². The van der Waals surface area contributed by atoms with Crippen LogP contribution in [0.15, 0.2) is 24.3 Å². The van der Waals surface area contributed by atoms with Crippen molar-refractivity contribution in [1.29, 1.82) is 5.26 Å². The zero-order valence-electron chi connectivity index (χ0n) is 14.0. The predicted octanol–water partition coefficient (Wildman–Crippen LogP) is 2.28. The topological polar surface area (TPSA) is 106 Å². The molecule has 0 fully saturated rings. The third-order valence-corrected chi connectivity index (χ3v) is 3.02. The zero-order chi connectivity index (χ0) is 17.6. The maximum atomic E-state index is 11.6. The number of ether oxygens (including phenoxy) is 1. The number of hydrogen-bond donors (Lipinski definition) is 1. The molecule has 24 heavy (non-hydrogen) atoms. The fourth-order valence-corrected chi connectivity index (χ4v) is 1.98. The smallest absolute Gasteiger partial charge is 0.407 e. The van der Waals surface area contributed by atoms with Gasteiger partial charge in [-0.1, -0.05) is 24.3 Å². The van der Waals surface area contributed by atoms with Gasteiger partial charge < -0.3 is 10.1 Å². The summed E-state index contributed by atoms with van der Waals surface area (Å²) in [5.74, 6) is 0.608. The Bertz CT molecular complexity index is 724. The van der Waals surface area contributed by atoms with E-state index in [1.54, 1.807) is 4.68 Å². The van der Waals surface area contributed by atoms with E-state index in [1.165, 1.54) is 0 Å². The lowest BCUT2D eigenvalue weighted by Gasteiger charge is -2.19. The first kappa shape index (κ1) is 17.4. The molecule has 0 aliphatic carbocycles. The van der Waals surface area contributed by atoms with E-state index in [0.29, 0.717) is 25.3 Å². The molecule has 0 bridgehead atoms. The van der Waals surface area contributed by atoms with Crippen molar-refractivity contribution < 1.29 is 9.53 Å². The van der Waals surface area contributed by atoms with Crippen LogP contribution in [0.4, 0.5) is 4.79 Å². The first-order valence-corrected chi connectivity index (χ1v) is 7.58. The molecule has 0 aliphatic heterocycles. The van der Waals surface area contributed by atoms with Gasteiger partial charge in [0.05, 0.1) is 19.0 Å². The summed E-state index contributed by atoms with van der Waals surface area (Å²) in [4.78, 5) is 11.6. The first-order chi connectivity index (χ1) is 11.4. The minimum Gasteiger partial charge on any atom is -0.444 e. The van der Waals surface area contributed by atoms with Crippen LogP contribution in [0.1, 0.15) is 32.8 Å². The lowest BCUT2D eigenvalue weighted by atomic mass is 10.1. The molecule has 2 aromatic rings. The van der Waals surface area contributed by atoms with Gasteiger partial charge in [0.25, 0.3) is 0 Å². The van der Waals surface area contributed by atoms with Crippen molar-refractivity contribution in [2.45, 2.75) is 45.9 Å². The fourth-order valence-electron chi connectivity index (χ4n) is 1.98. The molecule has 0 aliphatic rings. The highest BCUT2D eigenvalue weighted by Gasteiger charge is 2.15. The number of rotatable bonds is 5. The van der Waals surface area contributed by atoms with Gasteiger partial charge in [0.15, 0.2) is 5.82 Å². The summed E-state index contributed by atoms with van der Waals surface area (Å²) >= 11 is 0. The lowest BCUT2D eigenvalue weighted by Crippen LogP contribution is -2.32. The molecule has 1 aromatic carbocycles. The van der Waals surface area contributed by atoms with Crippen LogP contribution in [-0.2, 0) is 17.8 Å². The standard InChI is InChI=1S/C16H20N6O2/c1-16(2,3)24-15(23)18-11-12-5-7-13(8-6-12)14-19-20-21-22(14)10-4-9-17/h5-8H,4,10-11H2,1-3H3,(H,18,23). The molecule has 2 rings (SSSR count). The fraction of sp³-hybridized carbons (Fsp3) is 0.438. The molecule has 0 radical (unpaired) electrons. The van der Waals surface area contributed by atoms with Crippen LogP contribution in [-0.4, -0.2) is 31.9 Å². The van der Waals surface area contributed by atoms with Crippen molar-refractivity contribution in [3.8, 4) is 17.5 Å². The van der Waals surface area contributed by atoms with E-state index in [4.69, 9.17) is 10.00 Å². The van der Waals surface area contributed by atoms with Gasteiger partial charge in [0.2, 0.25) is 0 Å². The lowest BCUT2D eigenvalue weighted by molar-refractivity contribution is 0.0523. The minimum atomic E-state index is -0.519. The second kappa shape index (κ2) is 7.55. The number of alkyl carbamates (subject to hydrolysis) is 1. The molecule has 8 heteroatoms. The van der Waals surface area contributed by atoms with E-state index in [-0.39, 0.29) is 0 Å². The van der Waals surface area contributed by atoms with Crippen LogP contribution in [0.2, 0.25) is 0 Å². The summed E-state index contributed by atoms with van der Waals surface area (Å²) in [6, 6.07) is 9.59. The van der Waals surface area contributed by atoms with Gasteiger partial charge in [0.1, 0.15) is 5.60 Å². The molecule has 126 valence electrons. The second-order valence-corrected chi connectivity index (χ2v) is 6.19. The molecule has 1 heterocycles. The Morgan fingerprint density at radius 1 is 1.33 bits per heavy atom. The maximum absolute atomic E-state index is 11.6. The number of carbonyl (C=O) groups is 1. The molecule has 0 saturated heterocycles. The van der Waals surface area contributed by atoms with Crippen LogP contribution in [0, 0.1) is 11.3 Å². The Kier molecular flexibility index (Phi) is 5.47. The molecule has 1 aromatic heterocycles. The minimum absolute atomic E-state index is 0.343. The molecule has 1 N–H and O–H groups in total. The van der Waals surface area contributed by atoms with E-state index in [9.17, 15) is 4.79 Å². The average Bonchev–Trinajstić information content (AvgIpc) is 2.98. The molecular weight excluding hydrogens is 308 g/mol. The monoisotopic (exact) mass is 328 g/mol. The largest absolute Gasteiger partial charge is 0.444 e. The Hall–Kier alpha value is -2.95. The molecule has 0 saturated carbocycles. The quantitative estimate of drug-likeness (QED) is 0.902. The molecule has 1 amide bonds. The number of nitriles is 1. The van der Waals surface area contributed by atoms with E-state index in [0.717, 1.165) is 11.1 Å². The van der Waals surface area contributed by atoms with Crippen molar-refractivity contribution in [1.82, 2.24) is 25.5 Å². The van der Waals surface area contributed by atoms with Crippen molar-refractivity contribution in [3.63, 3.8) is 0 Å². The normalized spacial score (nSPS) is 10.9. The van der Waals surface area contributed by atoms with Crippen molar-refractivity contribution >= 4 is 6.09 Å². The Morgan fingerprint density at radius 2 is 2.04 bits per heavy atom. The zero-order valence-corrected chi connectivity index (χ0v) is 14.0. The van der Waals surface area contributed by atoms with Gasteiger partial charge >= 0.3 is 6.09 Å². The SMILES string of the molecule is CC(C)(C)OC(=O)NCc1ccc(-c2nnnn2CCC#N)cc1. The first-order valence-electron chi connectivity index (χ1n) is 7.58. The molecule has 8 nitrogen and oxygen atoms in total. The summed E-state index contributed by atoms with van der Waals surface area (Å²) in [7, 11) is 0. The number of benzene rings is 1. The van der Waals surface area contributed by atoms with Gasteiger partial charge in [-0.3, -0.25) is 0 Å². The van der Waals surface area contributed by atoms with Gasteiger partial charge in [-0.2, -0.15) is 5.26 Å². The van der Waals surface area contributed by atoms with Crippen LogP contribution in [0.5, 0.6) is 0 Å². The van der Waals surface area contributed by atoms with E-state index >= 15 is 0 Å². The Morgan fingerprint density at radius 3 is 2.67 bits per heavy atom. The van der Waals surface area contributed by atoms with Crippen molar-refractivity contribution in [3.05, 3.63) is 29.8 Å². The van der Waals surface area contributed by atoms with E-state index < -0.39 is 11.7 Å². The second-order valence-electron chi connectivity index (χ2n) is 6.19. The van der Waals surface area contributed by atoms with Crippen LogP contribution in [0.3, 0.4) is 0 Å². The number of carbonyl (C=O) groups excluding carboxylic acids is 1. The Labute approximate surface area is 140 Å². The number of aromatic nitrogens is 4. The summed E-state index contributed by atoms with van der Waals surface area (Å²) in [5, 5.41) is 22.9. The van der Waals surface area contributed by atoms with Crippen LogP contribution >= 0.6 is 0 Å². The highest BCUT2D eigenvalue weighted by atomic mass is 16.6. The van der Waals surface area contributed by atoms with Crippen LogP contribution in [0.25, 0.3) is 11.4 Å². The molecular formula is C16H20N6O2. The summed E-state index contributed by atoms with van der Waals surface area (Å²) < 4.78 is 6.78. The van der Waals surface area contributed by atoms with E-state index in [2.05, 4.69) is 26.9 Å². The number of nitrogens with one attached hydrogen (secondary N) is 1. The van der Waals surface area contributed by atoms with Gasteiger partial charge in [-0.05, 0) is 36.8 Å². The Balaban J connectivity index is 1.97. The van der Waals surface area contributed by atoms with Crippen LogP contribution < -0.4 is 5.32 Å². The van der Waals surface area contributed by atoms with Gasteiger partial charge in [0, 0.05) is 12.1 Å². The number of amides is 1. The number of nitrogens with zero attached hydrogens (tertiary/aromatic N) is 5. The van der Waals surface area contributed by atoms with Crippen molar-refractivity contribution in [2.75, 3.05) is 0 Å². The highest BCUT2D eigenvalue weighted by molar-refractivity contribution is 5.67. The van der Waals surface area contributed by atoms with E-state index in [1.807, 2.05) is 45.0 Å². The average molecular weight is 328 g/mol. The van der Waals surface area contributed by atoms with Gasteiger partial charge in [-0.25, -0.2) is 9.48 Å². The number of tetrazole rings is 1. The molecule has 0 atom stereocenters. The maximum Gasteiger partial charge on any atom is 0.407 e. The predicted molar refractivity (Wildman–Crippen MR) is 86.6 cm³/mol. The third kappa shape index (κ3) is 5.05. The molecule has 0 unspecified atom stereocenters. The number of aryl methyl sites for hydroxylation is 1. The summed E-state index contributed by atoms with van der Waals surface area (Å²) in [6.45, 7) is 6.27. The molecule has 0 spiro atoms. The third-order valence-electron chi connectivity index (χ3n) is 3.02. The van der Waals surface area contributed by atoms with Crippen molar-refractivity contribution in [2.24, 2.45) is 0 Å². The summed E-state index contributed by atoms with van der Waals surface area (Å²) in [6.07, 6.45) is -0.109. The number of hydrogen-bond acceptors (Lipinski definition) is 6. The summed E-state index contributed by atoms with van der Waals surface area (Å²) in [5.41, 5.74) is 1.26.